The zero-order chi connectivity index (χ0) is 18.1. The summed E-state index contributed by atoms with van der Waals surface area (Å²) in [5, 5.41) is 20.6. The minimum atomic E-state index is -0.978. The van der Waals surface area contributed by atoms with E-state index in [1.54, 1.807) is 31.2 Å². The van der Waals surface area contributed by atoms with E-state index in [-0.39, 0.29) is 23.6 Å². The summed E-state index contributed by atoms with van der Waals surface area (Å²) in [6.07, 6.45) is -0.188. The standard InChI is InChI=1S/C18H14N2O5/c1-11-15(10-17(21)22)14-4-2-3-5-16(14)19(11)18(23)12-6-8-13(9-7-12)20(24)25/h2-9H,10H2,1H3,(H,21,22). The molecule has 7 nitrogen and oxygen atoms in total. The second-order valence-corrected chi connectivity index (χ2v) is 5.60. The number of nitro groups is 1. The smallest absolute Gasteiger partial charge is 0.307 e. The SMILES string of the molecule is Cc1c(CC(=O)O)c2ccccc2n1C(=O)c1ccc([N+](=O)[O-])cc1. The van der Waals surface area contributed by atoms with Gasteiger partial charge < -0.3 is 5.11 Å². The maximum Gasteiger partial charge on any atom is 0.307 e. The quantitative estimate of drug-likeness (QED) is 0.581. The van der Waals surface area contributed by atoms with Gasteiger partial charge in [-0.1, -0.05) is 18.2 Å². The van der Waals surface area contributed by atoms with Gasteiger partial charge in [0.1, 0.15) is 0 Å². The number of carbonyl (C=O) groups is 2. The van der Waals surface area contributed by atoms with Crippen molar-refractivity contribution in [2.24, 2.45) is 0 Å². The van der Waals surface area contributed by atoms with Crippen LogP contribution in [0, 0.1) is 17.0 Å². The molecular weight excluding hydrogens is 324 g/mol. The summed E-state index contributed by atoms with van der Waals surface area (Å²) in [4.78, 5) is 34.3. The van der Waals surface area contributed by atoms with Crippen LogP contribution in [0.5, 0.6) is 0 Å². The molecule has 1 N–H and O–H groups in total. The third kappa shape index (κ3) is 2.87. The molecule has 0 aliphatic heterocycles. The normalized spacial score (nSPS) is 10.8. The van der Waals surface area contributed by atoms with E-state index in [1.807, 2.05) is 0 Å². The van der Waals surface area contributed by atoms with Crippen LogP contribution < -0.4 is 0 Å². The van der Waals surface area contributed by atoms with Crippen LogP contribution >= 0.6 is 0 Å². The third-order valence-corrected chi connectivity index (χ3v) is 4.10. The summed E-state index contributed by atoms with van der Waals surface area (Å²) >= 11 is 0. The van der Waals surface area contributed by atoms with Crippen LogP contribution in [0.15, 0.2) is 48.5 Å². The number of carbonyl (C=O) groups excluding carboxylic acids is 1. The van der Waals surface area contributed by atoms with Gasteiger partial charge in [-0.25, -0.2) is 0 Å². The number of benzene rings is 2. The van der Waals surface area contributed by atoms with Gasteiger partial charge in [0.05, 0.1) is 16.9 Å². The van der Waals surface area contributed by atoms with Gasteiger partial charge in [0.15, 0.2) is 0 Å². The number of hydrogen-bond acceptors (Lipinski definition) is 4. The summed E-state index contributed by atoms with van der Waals surface area (Å²) in [5.41, 5.74) is 1.93. The highest BCUT2D eigenvalue weighted by Gasteiger charge is 2.21. The van der Waals surface area contributed by atoms with Crippen molar-refractivity contribution in [1.82, 2.24) is 4.57 Å². The minimum Gasteiger partial charge on any atom is -0.481 e. The van der Waals surface area contributed by atoms with Crippen molar-refractivity contribution < 1.29 is 19.6 Å². The van der Waals surface area contributed by atoms with Crippen LogP contribution in [0.1, 0.15) is 21.6 Å². The molecule has 126 valence electrons. The van der Waals surface area contributed by atoms with Crippen LogP contribution in [-0.2, 0) is 11.2 Å². The first kappa shape index (κ1) is 16.4. The van der Waals surface area contributed by atoms with Crippen molar-refractivity contribution in [2.75, 3.05) is 0 Å². The Balaban J connectivity index is 2.14. The van der Waals surface area contributed by atoms with Crippen LogP contribution in [0.4, 0.5) is 5.69 Å². The van der Waals surface area contributed by atoms with Gasteiger partial charge in [-0.05, 0) is 30.7 Å². The number of aromatic nitrogens is 1. The Bertz CT molecular complexity index is 1000. The molecule has 0 aliphatic rings. The van der Waals surface area contributed by atoms with Crippen molar-refractivity contribution >= 4 is 28.5 Å². The molecule has 3 rings (SSSR count). The van der Waals surface area contributed by atoms with Crippen molar-refractivity contribution in [1.29, 1.82) is 0 Å². The van der Waals surface area contributed by atoms with Crippen molar-refractivity contribution in [3.8, 4) is 0 Å². The molecule has 0 amide bonds. The first-order chi connectivity index (χ1) is 11.9. The molecule has 0 saturated carbocycles. The van der Waals surface area contributed by atoms with Crippen LogP contribution in [0.3, 0.4) is 0 Å². The first-order valence-corrected chi connectivity index (χ1v) is 7.50. The number of nitrogens with zero attached hydrogens (tertiary/aromatic N) is 2. The van der Waals surface area contributed by atoms with Crippen molar-refractivity contribution in [3.05, 3.63) is 75.5 Å². The molecule has 2 aromatic carbocycles. The zero-order valence-corrected chi connectivity index (χ0v) is 13.3. The molecule has 0 spiro atoms. The summed E-state index contributed by atoms with van der Waals surface area (Å²) in [6.45, 7) is 1.70. The average Bonchev–Trinajstić information content (AvgIpc) is 2.86. The number of aliphatic carboxylic acids is 1. The molecule has 25 heavy (non-hydrogen) atoms. The average molecular weight is 338 g/mol. The maximum absolute atomic E-state index is 12.9. The number of rotatable bonds is 4. The molecule has 7 heteroatoms. The highest BCUT2D eigenvalue weighted by Crippen LogP contribution is 2.27. The lowest BCUT2D eigenvalue weighted by Crippen LogP contribution is -2.14. The summed E-state index contributed by atoms with van der Waals surface area (Å²) in [5.74, 6) is -1.34. The topological polar surface area (TPSA) is 102 Å². The Kier molecular flexibility index (Phi) is 4.06. The first-order valence-electron chi connectivity index (χ1n) is 7.50. The third-order valence-electron chi connectivity index (χ3n) is 4.10. The molecule has 0 saturated heterocycles. The second-order valence-electron chi connectivity index (χ2n) is 5.60. The van der Waals surface area contributed by atoms with E-state index < -0.39 is 10.9 Å². The van der Waals surface area contributed by atoms with Crippen LogP contribution in [0.2, 0.25) is 0 Å². The summed E-state index contributed by atoms with van der Waals surface area (Å²) in [7, 11) is 0. The molecule has 1 heterocycles. The number of nitro benzene ring substituents is 1. The van der Waals surface area contributed by atoms with E-state index in [4.69, 9.17) is 5.11 Å². The number of fused-ring (bicyclic) bond motifs is 1. The lowest BCUT2D eigenvalue weighted by molar-refractivity contribution is -0.384. The zero-order valence-electron chi connectivity index (χ0n) is 13.3. The minimum absolute atomic E-state index is 0.0998. The lowest BCUT2D eigenvalue weighted by Gasteiger charge is -2.07. The number of carboxylic acid groups (broad SMARTS) is 1. The molecular formula is C18H14N2O5. The maximum atomic E-state index is 12.9. The fourth-order valence-corrected chi connectivity index (χ4v) is 2.93. The molecule has 0 atom stereocenters. The molecule has 0 aliphatic carbocycles. The predicted molar refractivity (Wildman–Crippen MR) is 90.8 cm³/mol. The van der Waals surface area contributed by atoms with Gasteiger partial charge in [0.25, 0.3) is 11.6 Å². The van der Waals surface area contributed by atoms with Crippen LogP contribution in [-0.4, -0.2) is 26.5 Å². The Morgan fingerprint density at radius 2 is 1.76 bits per heavy atom. The van der Waals surface area contributed by atoms with E-state index in [9.17, 15) is 19.7 Å². The fraction of sp³-hybridized carbons (Fsp3) is 0.111. The highest BCUT2D eigenvalue weighted by atomic mass is 16.6. The summed E-state index contributed by atoms with van der Waals surface area (Å²) in [6, 6.07) is 12.4. The Morgan fingerprint density at radius 3 is 2.36 bits per heavy atom. The number of non-ortho nitro benzene ring substituents is 1. The van der Waals surface area contributed by atoms with Crippen molar-refractivity contribution in [3.63, 3.8) is 0 Å². The monoisotopic (exact) mass is 338 g/mol. The van der Waals surface area contributed by atoms with E-state index in [1.165, 1.54) is 28.8 Å². The van der Waals surface area contributed by atoms with Gasteiger partial charge in [0.2, 0.25) is 0 Å². The van der Waals surface area contributed by atoms with E-state index >= 15 is 0 Å². The largest absolute Gasteiger partial charge is 0.481 e. The number of carboxylic acids is 1. The molecule has 0 bridgehead atoms. The van der Waals surface area contributed by atoms with E-state index in [2.05, 4.69) is 0 Å². The molecule has 3 aromatic rings. The Hall–Kier alpha value is -3.48. The van der Waals surface area contributed by atoms with E-state index in [0.29, 0.717) is 22.2 Å². The number of hydrogen-bond donors (Lipinski definition) is 1. The molecule has 0 radical (unpaired) electrons. The molecule has 0 unspecified atom stereocenters. The Labute approximate surface area is 142 Å². The second kappa shape index (κ2) is 6.20. The summed E-state index contributed by atoms with van der Waals surface area (Å²) < 4.78 is 1.45. The van der Waals surface area contributed by atoms with Gasteiger partial charge in [-0.15, -0.1) is 0 Å². The fourth-order valence-electron chi connectivity index (χ4n) is 2.93. The van der Waals surface area contributed by atoms with Gasteiger partial charge in [-0.3, -0.25) is 24.3 Å². The van der Waals surface area contributed by atoms with Gasteiger partial charge in [-0.2, -0.15) is 0 Å². The Morgan fingerprint density at radius 1 is 1.12 bits per heavy atom. The molecule has 1 aromatic heterocycles. The molecule has 0 fully saturated rings. The highest BCUT2D eigenvalue weighted by molar-refractivity contribution is 6.04. The van der Waals surface area contributed by atoms with Gasteiger partial charge >= 0.3 is 5.97 Å². The van der Waals surface area contributed by atoms with Crippen LogP contribution in [0.25, 0.3) is 10.9 Å². The predicted octanol–water partition coefficient (Wildman–Crippen LogP) is 3.17. The lowest BCUT2D eigenvalue weighted by atomic mass is 10.1. The number of para-hydroxylation sites is 1. The van der Waals surface area contributed by atoms with E-state index in [0.717, 1.165) is 0 Å². The van der Waals surface area contributed by atoms with Crippen molar-refractivity contribution in [2.45, 2.75) is 13.3 Å². The van der Waals surface area contributed by atoms with Gasteiger partial charge in [0, 0.05) is 28.8 Å².